The van der Waals surface area contributed by atoms with Crippen LogP contribution >= 0.6 is 0 Å². The predicted octanol–water partition coefficient (Wildman–Crippen LogP) is 3.32. The van der Waals surface area contributed by atoms with E-state index in [9.17, 15) is 17.6 Å². The van der Waals surface area contributed by atoms with E-state index in [4.69, 9.17) is 0 Å². The summed E-state index contributed by atoms with van der Waals surface area (Å²) in [5.74, 6) is -0.865. The van der Waals surface area contributed by atoms with E-state index in [1.54, 1.807) is 18.2 Å². The number of amides is 1. The van der Waals surface area contributed by atoms with Gasteiger partial charge in [-0.15, -0.1) is 0 Å². The Morgan fingerprint density at radius 3 is 2.36 bits per heavy atom. The third-order valence-electron chi connectivity index (χ3n) is 3.64. The summed E-state index contributed by atoms with van der Waals surface area (Å²) in [4.78, 5) is 11.9. The Hall–Kier alpha value is -2.41. The van der Waals surface area contributed by atoms with Crippen LogP contribution < -0.4 is 9.62 Å². The van der Waals surface area contributed by atoms with Crippen LogP contribution in [-0.2, 0) is 14.8 Å². The fraction of sp³-hybridized carbons (Fsp3) is 0.278. The number of sulfonamides is 1. The number of anilines is 2. The van der Waals surface area contributed by atoms with E-state index in [2.05, 4.69) is 5.32 Å². The van der Waals surface area contributed by atoms with Crippen LogP contribution in [0.2, 0.25) is 0 Å². The lowest BCUT2D eigenvalue weighted by molar-refractivity contribution is -0.116. The highest BCUT2D eigenvalue weighted by molar-refractivity contribution is 7.92. The molecule has 0 saturated heterocycles. The molecule has 7 heteroatoms. The second-order valence-corrected chi connectivity index (χ2v) is 7.71. The van der Waals surface area contributed by atoms with Gasteiger partial charge >= 0.3 is 0 Å². The summed E-state index contributed by atoms with van der Waals surface area (Å²) in [6.45, 7) is 2.09. The second kappa shape index (κ2) is 8.11. The molecule has 0 fully saturated rings. The van der Waals surface area contributed by atoms with Gasteiger partial charge in [-0.3, -0.25) is 9.10 Å². The molecule has 5 nitrogen and oxygen atoms in total. The minimum absolute atomic E-state index is 0.0895. The van der Waals surface area contributed by atoms with Crippen molar-refractivity contribution in [3.05, 3.63) is 59.9 Å². The van der Waals surface area contributed by atoms with E-state index in [0.29, 0.717) is 12.1 Å². The number of carbonyl (C=O) groups excluding carboxylic acids is 1. The van der Waals surface area contributed by atoms with Crippen molar-refractivity contribution in [2.45, 2.75) is 19.8 Å². The van der Waals surface area contributed by atoms with E-state index in [-0.39, 0.29) is 24.6 Å². The molecule has 2 aromatic rings. The zero-order valence-electron chi connectivity index (χ0n) is 14.2. The average Bonchev–Trinajstić information content (AvgIpc) is 2.54. The van der Waals surface area contributed by atoms with Crippen LogP contribution in [0.3, 0.4) is 0 Å². The van der Waals surface area contributed by atoms with E-state index in [0.717, 1.165) is 11.8 Å². The third kappa shape index (κ3) is 5.56. The number of rotatable bonds is 7. The summed E-state index contributed by atoms with van der Waals surface area (Å²) in [6, 6.07) is 13.0. The van der Waals surface area contributed by atoms with Gasteiger partial charge in [-0.1, -0.05) is 29.8 Å². The van der Waals surface area contributed by atoms with Crippen molar-refractivity contribution in [3.63, 3.8) is 0 Å². The molecule has 0 bridgehead atoms. The van der Waals surface area contributed by atoms with E-state index < -0.39 is 15.8 Å². The lowest BCUT2D eigenvalue weighted by Crippen LogP contribution is -2.31. The topological polar surface area (TPSA) is 66.5 Å². The maximum Gasteiger partial charge on any atom is 0.232 e. The molecule has 134 valence electrons. The summed E-state index contributed by atoms with van der Waals surface area (Å²) < 4.78 is 38.8. The monoisotopic (exact) mass is 364 g/mol. The molecule has 0 unspecified atom stereocenters. The third-order valence-corrected chi connectivity index (χ3v) is 4.83. The van der Waals surface area contributed by atoms with Gasteiger partial charge in [-0.05, 0) is 37.6 Å². The number of aryl methyl sites for hydroxylation is 1. The first kappa shape index (κ1) is 18.9. The van der Waals surface area contributed by atoms with E-state index in [1.165, 1.54) is 22.5 Å². The fourth-order valence-electron chi connectivity index (χ4n) is 2.36. The highest BCUT2D eigenvalue weighted by atomic mass is 32.2. The van der Waals surface area contributed by atoms with Crippen molar-refractivity contribution in [1.29, 1.82) is 0 Å². The number of para-hydroxylation sites is 1. The quantitative estimate of drug-likeness (QED) is 0.820. The molecule has 0 aliphatic carbocycles. The Labute approximate surface area is 147 Å². The summed E-state index contributed by atoms with van der Waals surface area (Å²) in [7, 11) is -3.45. The zero-order valence-corrected chi connectivity index (χ0v) is 15.0. The zero-order chi connectivity index (χ0) is 18.4. The maximum absolute atomic E-state index is 13.5. The molecule has 2 aromatic carbocycles. The van der Waals surface area contributed by atoms with Crippen LogP contribution in [-0.4, -0.2) is 27.1 Å². The van der Waals surface area contributed by atoms with Crippen LogP contribution in [0.4, 0.5) is 15.8 Å². The van der Waals surface area contributed by atoms with Crippen LogP contribution in [0.15, 0.2) is 48.5 Å². The lowest BCUT2D eigenvalue weighted by atomic mass is 10.2. The van der Waals surface area contributed by atoms with E-state index >= 15 is 0 Å². The molecule has 0 atom stereocenters. The Bertz CT molecular complexity index is 836. The van der Waals surface area contributed by atoms with Gasteiger partial charge in [0.1, 0.15) is 5.82 Å². The average molecular weight is 364 g/mol. The molecule has 1 amide bonds. The van der Waals surface area contributed by atoms with Crippen LogP contribution in [0.1, 0.15) is 18.4 Å². The first-order valence-electron chi connectivity index (χ1n) is 7.86. The molecular weight excluding hydrogens is 343 g/mol. The molecular formula is C18H21FN2O3S. The number of carbonyl (C=O) groups is 1. The number of benzene rings is 2. The Balaban J connectivity index is 1.96. The second-order valence-electron chi connectivity index (χ2n) is 5.80. The summed E-state index contributed by atoms with van der Waals surface area (Å²) in [6.07, 6.45) is 1.54. The molecule has 0 spiro atoms. The normalized spacial score (nSPS) is 11.2. The molecule has 0 saturated carbocycles. The lowest BCUT2D eigenvalue weighted by Gasteiger charge is -2.22. The summed E-state index contributed by atoms with van der Waals surface area (Å²) in [5, 5.41) is 2.49. The van der Waals surface area contributed by atoms with Crippen LogP contribution in [0.25, 0.3) is 0 Å². The molecule has 0 aliphatic rings. The highest BCUT2D eigenvalue weighted by Gasteiger charge is 2.17. The SMILES string of the molecule is Cc1ccc(N(CCCC(=O)Nc2ccccc2F)S(C)(=O)=O)cc1. The van der Waals surface area contributed by atoms with Crippen molar-refractivity contribution in [1.82, 2.24) is 0 Å². The van der Waals surface area contributed by atoms with Crippen molar-refractivity contribution in [3.8, 4) is 0 Å². The van der Waals surface area contributed by atoms with Gasteiger partial charge in [0.05, 0.1) is 17.6 Å². The van der Waals surface area contributed by atoms with Crippen molar-refractivity contribution in [2.75, 3.05) is 22.4 Å². The first-order chi connectivity index (χ1) is 11.8. The van der Waals surface area contributed by atoms with Gasteiger partial charge in [0.25, 0.3) is 0 Å². The Morgan fingerprint density at radius 2 is 1.76 bits per heavy atom. The number of nitrogens with one attached hydrogen (secondary N) is 1. The van der Waals surface area contributed by atoms with Crippen molar-refractivity contribution in [2.24, 2.45) is 0 Å². The largest absolute Gasteiger partial charge is 0.324 e. The summed E-state index contributed by atoms with van der Waals surface area (Å²) in [5.41, 5.74) is 1.70. The Kier molecular flexibility index (Phi) is 6.14. The highest BCUT2D eigenvalue weighted by Crippen LogP contribution is 2.19. The standard InChI is InChI=1S/C18H21FN2O3S/c1-14-9-11-15(12-10-14)21(25(2,23)24)13-5-8-18(22)20-17-7-4-3-6-16(17)19/h3-4,6-7,9-12H,5,8,13H2,1-2H3,(H,20,22). The summed E-state index contributed by atoms with van der Waals surface area (Å²) >= 11 is 0. The molecule has 2 rings (SSSR count). The van der Waals surface area contributed by atoms with Crippen LogP contribution in [0.5, 0.6) is 0 Å². The smallest absolute Gasteiger partial charge is 0.232 e. The molecule has 0 radical (unpaired) electrons. The van der Waals surface area contributed by atoms with Gasteiger partial charge in [0, 0.05) is 13.0 Å². The minimum atomic E-state index is -3.45. The van der Waals surface area contributed by atoms with E-state index in [1.807, 2.05) is 19.1 Å². The van der Waals surface area contributed by atoms with Gasteiger partial charge < -0.3 is 5.32 Å². The molecule has 0 aliphatic heterocycles. The number of hydrogen-bond donors (Lipinski definition) is 1. The molecule has 0 heterocycles. The van der Waals surface area contributed by atoms with Gasteiger partial charge in [-0.25, -0.2) is 12.8 Å². The number of hydrogen-bond acceptors (Lipinski definition) is 3. The number of halogens is 1. The first-order valence-corrected chi connectivity index (χ1v) is 9.71. The van der Waals surface area contributed by atoms with Gasteiger partial charge in [0.2, 0.25) is 15.9 Å². The van der Waals surface area contributed by atoms with Gasteiger partial charge in [0.15, 0.2) is 0 Å². The molecule has 0 aromatic heterocycles. The molecule has 25 heavy (non-hydrogen) atoms. The van der Waals surface area contributed by atoms with Crippen LogP contribution in [0, 0.1) is 12.7 Å². The molecule has 1 N–H and O–H groups in total. The van der Waals surface area contributed by atoms with Crippen molar-refractivity contribution >= 4 is 27.3 Å². The predicted molar refractivity (Wildman–Crippen MR) is 97.6 cm³/mol. The fourth-order valence-corrected chi connectivity index (χ4v) is 3.32. The minimum Gasteiger partial charge on any atom is -0.324 e. The van der Waals surface area contributed by atoms with Gasteiger partial charge in [-0.2, -0.15) is 0 Å². The van der Waals surface area contributed by atoms with Crippen molar-refractivity contribution < 1.29 is 17.6 Å². The maximum atomic E-state index is 13.5. The number of nitrogens with zero attached hydrogens (tertiary/aromatic N) is 1. The Morgan fingerprint density at radius 1 is 1.12 bits per heavy atom.